The number of hydrogen-bond donors (Lipinski definition) is 0. The van der Waals surface area contributed by atoms with Gasteiger partial charge in [0.15, 0.2) is 0 Å². The Morgan fingerprint density at radius 3 is 2.77 bits per heavy atom. The molecule has 0 bridgehead atoms. The first-order chi connectivity index (χ1) is 6.12. The van der Waals surface area contributed by atoms with Crippen LogP contribution in [-0.4, -0.2) is 37.0 Å². The quantitative estimate of drug-likeness (QED) is 0.389. The van der Waals surface area contributed by atoms with Gasteiger partial charge in [0.1, 0.15) is 19.4 Å². The zero-order chi connectivity index (χ0) is 9.90. The first-order valence-electron chi connectivity index (χ1n) is 4.05. The van der Waals surface area contributed by atoms with E-state index in [1.54, 1.807) is 0 Å². The van der Waals surface area contributed by atoms with Crippen LogP contribution in [0.5, 0.6) is 0 Å². The highest BCUT2D eigenvalue weighted by molar-refractivity contribution is 7.54. The van der Waals surface area contributed by atoms with Crippen LogP contribution in [0.15, 0.2) is 0 Å². The summed E-state index contributed by atoms with van der Waals surface area (Å²) >= 11 is 0. The summed E-state index contributed by atoms with van der Waals surface area (Å²) in [6, 6.07) is 0. The Bertz CT molecular complexity index is 221. The van der Waals surface area contributed by atoms with Crippen molar-refractivity contribution in [3.8, 4) is 0 Å². The van der Waals surface area contributed by atoms with Crippen LogP contribution in [0.3, 0.4) is 0 Å². The molecule has 1 saturated heterocycles. The average Bonchev–Trinajstić information content (AvgIpc) is 2.18. The van der Waals surface area contributed by atoms with E-state index >= 15 is 0 Å². The maximum Gasteiger partial charge on any atom is 0.479 e. The SMILES string of the molecule is COP(=O)([OH+]C)C1CCC(=O)OC1. The van der Waals surface area contributed by atoms with Crippen LogP contribution in [0.1, 0.15) is 12.8 Å². The van der Waals surface area contributed by atoms with Gasteiger partial charge in [-0.15, -0.1) is 0 Å². The summed E-state index contributed by atoms with van der Waals surface area (Å²) in [4.78, 5) is 10.7. The van der Waals surface area contributed by atoms with E-state index in [2.05, 4.69) is 4.52 Å². The van der Waals surface area contributed by atoms with Crippen LogP contribution >= 0.6 is 7.60 Å². The molecule has 0 aromatic rings. The minimum absolute atomic E-state index is 0.154. The van der Waals surface area contributed by atoms with Gasteiger partial charge in [0.2, 0.25) is 0 Å². The zero-order valence-corrected chi connectivity index (χ0v) is 8.62. The monoisotopic (exact) mass is 209 g/mol. The highest BCUT2D eigenvalue weighted by Gasteiger charge is 2.43. The standard InChI is InChI=1S/C7H13O5P/c1-10-13(9,11-2)6-3-4-7(8)12-5-6/h6H,3-5H2,1-2H3/p+1. The van der Waals surface area contributed by atoms with Gasteiger partial charge in [-0.1, -0.05) is 0 Å². The van der Waals surface area contributed by atoms with Crippen molar-refractivity contribution in [2.24, 2.45) is 0 Å². The molecule has 5 nitrogen and oxygen atoms in total. The van der Waals surface area contributed by atoms with Crippen LogP contribution < -0.4 is 0 Å². The Hall–Kier alpha value is -0.380. The second kappa shape index (κ2) is 4.22. The van der Waals surface area contributed by atoms with Crippen molar-refractivity contribution in [3.05, 3.63) is 0 Å². The second-order valence-electron chi connectivity index (χ2n) is 2.82. The van der Waals surface area contributed by atoms with Gasteiger partial charge in [0, 0.05) is 6.42 Å². The van der Waals surface area contributed by atoms with Crippen LogP contribution in [0.25, 0.3) is 0 Å². The number of esters is 1. The topological polar surface area (TPSA) is 65.4 Å². The number of aliphatic hydroxyl groups is 1. The molecule has 0 aliphatic carbocycles. The van der Waals surface area contributed by atoms with Crippen molar-refractivity contribution in [1.29, 1.82) is 0 Å². The number of carbonyl (C=O) groups is 1. The molecule has 0 radical (unpaired) electrons. The molecule has 1 aliphatic heterocycles. The molecule has 1 heterocycles. The molecule has 0 aromatic carbocycles. The third-order valence-electron chi connectivity index (χ3n) is 2.12. The fourth-order valence-electron chi connectivity index (χ4n) is 1.28. The normalized spacial score (nSPS) is 27.8. The van der Waals surface area contributed by atoms with Gasteiger partial charge in [0.05, 0.1) is 7.11 Å². The maximum absolute atomic E-state index is 11.8. The van der Waals surface area contributed by atoms with Gasteiger partial charge in [0.25, 0.3) is 0 Å². The summed E-state index contributed by atoms with van der Waals surface area (Å²) in [7, 11) is -0.111. The van der Waals surface area contributed by atoms with Crippen molar-refractivity contribution in [3.63, 3.8) is 0 Å². The van der Waals surface area contributed by atoms with E-state index in [0.29, 0.717) is 12.8 Å². The third kappa shape index (κ3) is 2.30. The fourth-order valence-corrected chi connectivity index (χ4v) is 2.79. The van der Waals surface area contributed by atoms with Crippen LogP contribution in [-0.2, 0) is 18.6 Å². The molecule has 0 saturated carbocycles. The predicted octanol–water partition coefficient (Wildman–Crippen LogP) is 0.689. The Morgan fingerprint density at radius 2 is 2.38 bits per heavy atom. The Balaban J connectivity index is 2.61. The second-order valence-corrected chi connectivity index (χ2v) is 5.45. The summed E-state index contributed by atoms with van der Waals surface area (Å²) < 4.78 is 25.2. The molecule has 1 rings (SSSR count). The molecule has 1 N–H and O–H groups in total. The Kier molecular flexibility index (Phi) is 3.47. The smallest absolute Gasteiger partial charge is 0.464 e. The lowest BCUT2D eigenvalue weighted by Gasteiger charge is -2.23. The summed E-state index contributed by atoms with van der Waals surface area (Å²) in [6.45, 7) is 0.154. The lowest BCUT2D eigenvalue weighted by Crippen LogP contribution is -2.27. The van der Waals surface area contributed by atoms with Gasteiger partial charge in [-0.3, -0.25) is 9.32 Å². The largest absolute Gasteiger partial charge is 0.479 e. The number of hydrogen-bond acceptors (Lipinski definition) is 4. The summed E-state index contributed by atoms with van der Waals surface area (Å²) in [6.07, 6.45) is 0.828. The summed E-state index contributed by atoms with van der Waals surface area (Å²) in [5, 5.41) is 0. The molecular formula is C7H14O5P+. The predicted molar refractivity (Wildman–Crippen MR) is 46.7 cm³/mol. The van der Waals surface area contributed by atoms with E-state index in [-0.39, 0.29) is 18.2 Å². The molecule has 0 aromatic heterocycles. The third-order valence-corrected chi connectivity index (χ3v) is 4.53. The van der Waals surface area contributed by atoms with Crippen LogP contribution in [0.4, 0.5) is 0 Å². The van der Waals surface area contributed by atoms with Gasteiger partial charge in [-0.05, 0) is 6.42 Å². The molecule has 1 fully saturated rings. The highest BCUT2D eigenvalue weighted by Crippen LogP contribution is 2.52. The van der Waals surface area contributed by atoms with E-state index < -0.39 is 7.60 Å². The first-order valence-corrected chi connectivity index (χ1v) is 5.69. The maximum atomic E-state index is 11.8. The van der Waals surface area contributed by atoms with Crippen molar-refractivity contribution < 1.29 is 23.1 Å². The summed E-state index contributed by atoms with van der Waals surface area (Å²) in [5.41, 5.74) is -0.264. The van der Waals surface area contributed by atoms with E-state index in [0.717, 1.165) is 0 Å². The van der Waals surface area contributed by atoms with Gasteiger partial charge in [-0.25, -0.2) is 4.57 Å². The minimum atomic E-state index is -2.94. The van der Waals surface area contributed by atoms with Crippen molar-refractivity contribution in [2.45, 2.75) is 18.5 Å². The van der Waals surface area contributed by atoms with Crippen LogP contribution in [0, 0.1) is 0 Å². The molecule has 76 valence electrons. The first kappa shape index (κ1) is 10.7. The molecule has 13 heavy (non-hydrogen) atoms. The van der Waals surface area contributed by atoms with Crippen molar-refractivity contribution >= 4 is 13.6 Å². The lowest BCUT2D eigenvalue weighted by atomic mass is 10.2. The molecule has 2 atom stereocenters. The van der Waals surface area contributed by atoms with Gasteiger partial charge in [-0.2, -0.15) is 0 Å². The number of ether oxygens (including phenoxy) is 1. The number of carbonyl (C=O) groups excluding carboxylic acids is 1. The molecule has 0 spiro atoms. The minimum Gasteiger partial charge on any atom is -0.464 e. The number of cyclic esters (lactones) is 1. The van der Waals surface area contributed by atoms with Crippen molar-refractivity contribution in [1.82, 2.24) is 0 Å². The Morgan fingerprint density at radius 1 is 1.69 bits per heavy atom. The van der Waals surface area contributed by atoms with E-state index in [1.807, 2.05) is 0 Å². The van der Waals surface area contributed by atoms with E-state index in [1.165, 1.54) is 14.2 Å². The molecular weight excluding hydrogens is 195 g/mol. The van der Waals surface area contributed by atoms with Gasteiger partial charge >= 0.3 is 13.6 Å². The zero-order valence-electron chi connectivity index (χ0n) is 7.73. The van der Waals surface area contributed by atoms with Crippen LogP contribution in [0.2, 0.25) is 0 Å². The lowest BCUT2D eigenvalue weighted by molar-refractivity contribution is -0.146. The highest BCUT2D eigenvalue weighted by atomic mass is 31.2. The summed E-state index contributed by atoms with van der Waals surface area (Å²) in [5.74, 6) is -0.241. The molecule has 6 heteroatoms. The average molecular weight is 209 g/mol. The molecule has 1 aliphatic rings. The molecule has 0 amide bonds. The van der Waals surface area contributed by atoms with Gasteiger partial charge < -0.3 is 9.26 Å². The van der Waals surface area contributed by atoms with Crippen molar-refractivity contribution in [2.75, 3.05) is 20.8 Å². The fraction of sp³-hybridized carbons (Fsp3) is 0.857. The number of rotatable bonds is 3. The Labute approximate surface area is 76.9 Å². The van der Waals surface area contributed by atoms with E-state index in [9.17, 15) is 9.36 Å². The molecule has 2 unspecified atom stereocenters. The van der Waals surface area contributed by atoms with E-state index in [4.69, 9.17) is 9.26 Å².